The number of sulfonamides is 1. The number of hydrogen-bond acceptors (Lipinski definition) is 5. The maximum absolute atomic E-state index is 12.8. The van der Waals surface area contributed by atoms with E-state index in [-0.39, 0.29) is 16.8 Å². The van der Waals surface area contributed by atoms with Crippen LogP contribution in [-0.2, 0) is 27.8 Å². The standard InChI is InChI=1S/C23H28N2O5S/c1-2-25(16-18-4-3-5-21-23(18)30-15-14-29-21)22(26)13-8-17-6-11-20(12-7-17)31(27,28)24-19-9-10-19/h3-7,11-12,19,24H,2,8-10,13-16H2,1H3. The number of nitrogens with one attached hydrogen (secondary N) is 1. The summed E-state index contributed by atoms with van der Waals surface area (Å²) < 4.78 is 38.6. The smallest absolute Gasteiger partial charge is 0.240 e. The van der Waals surface area contributed by atoms with Crippen LogP contribution in [0.1, 0.15) is 37.3 Å². The molecule has 0 spiro atoms. The van der Waals surface area contributed by atoms with Gasteiger partial charge in [-0.05, 0) is 49.9 Å². The second-order valence-corrected chi connectivity index (χ2v) is 9.60. The molecule has 0 aromatic heterocycles. The van der Waals surface area contributed by atoms with E-state index in [9.17, 15) is 13.2 Å². The van der Waals surface area contributed by atoms with Crippen LogP contribution in [0.3, 0.4) is 0 Å². The van der Waals surface area contributed by atoms with Gasteiger partial charge in [-0.2, -0.15) is 0 Å². The summed E-state index contributed by atoms with van der Waals surface area (Å²) in [5, 5.41) is 0. The number of fused-ring (bicyclic) bond motifs is 1. The van der Waals surface area contributed by atoms with Crippen LogP contribution in [-0.4, -0.2) is 45.0 Å². The molecule has 2 aromatic rings. The normalized spacial score (nSPS) is 15.5. The van der Waals surface area contributed by atoms with Gasteiger partial charge >= 0.3 is 0 Å². The van der Waals surface area contributed by atoms with E-state index >= 15 is 0 Å². The summed E-state index contributed by atoms with van der Waals surface area (Å²) in [6.07, 6.45) is 2.71. The van der Waals surface area contributed by atoms with E-state index in [1.165, 1.54) is 0 Å². The lowest BCUT2D eigenvalue weighted by molar-refractivity contribution is -0.131. The van der Waals surface area contributed by atoms with Gasteiger partial charge in [-0.15, -0.1) is 0 Å². The molecule has 0 radical (unpaired) electrons. The Hall–Kier alpha value is -2.58. The molecule has 166 valence electrons. The van der Waals surface area contributed by atoms with Crippen molar-refractivity contribution >= 4 is 15.9 Å². The van der Waals surface area contributed by atoms with Crippen LogP contribution >= 0.6 is 0 Å². The van der Waals surface area contributed by atoms with Crippen molar-refractivity contribution in [3.05, 3.63) is 53.6 Å². The molecule has 4 rings (SSSR count). The van der Waals surface area contributed by atoms with Crippen molar-refractivity contribution in [2.75, 3.05) is 19.8 Å². The summed E-state index contributed by atoms with van der Waals surface area (Å²) in [6, 6.07) is 12.6. The Morgan fingerprint density at radius 2 is 1.84 bits per heavy atom. The van der Waals surface area contributed by atoms with Crippen molar-refractivity contribution in [3.63, 3.8) is 0 Å². The number of ether oxygens (including phenoxy) is 2. The molecule has 0 bridgehead atoms. The molecular formula is C23H28N2O5S. The molecule has 1 aliphatic heterocycles. The molecule has 1 amide bonds. The molecule has 1 heterocycles. The molecule has 1 saturated carbocycles. The minimum absolute atomic E-state index is 0.0453. The van der Waals surface area contributed by atoms with Gasteiger partial charge in [0.2, 0.25) is 15.9 Å². The number of aryl methyl sites for hydroxylation is 1. The summed E-state index contributed by atoms with van der Waals surface area (Å²) in [7, 11) is -3.45. The predicted octanol–water partition coefficient (Wildman–Crippen LogP) is 2.88. The minimum atomic E-state index is -3.45. The van der Waals surface area contributed by atoms with E-state index in [1.54, 1.807) is 29.2 Å². The molecule has 0 saturated heterocycles. The van der Waals surface area contributed by atoms with Crippen LogP contribution in [0.15, 0.2) is 47.4 Å². The first kappa shape index (κ1) is 21.6. The van der Waals surface area contributed by atoms with Gasteiger partial charge in [-0.3, -0.25) is 4.79 Å². The van der Waals surface area contributed by atoms with E-state index in [0.717, 1.165) is 35.5 Å². The van der Waals surface area contributed by atoms with Crippen molar-refractivity contribution in [2.45, 2.75) is 50.1 Å². The number of rotatable bonds is 9. The highest BCUT2D eigenvalue weighted by Crippen LogP contribution is 2.34. The van der Waals surface area contributed by atoms with Crippen LogP contribution in [0.25, 0.3) is 0 Å². The molecule has 1 aliphatic carbocycles. The molecule has 7 nitrogen and oxygen atoms in total. The van der Waals surface area contributed by atoms with E-state index in [2.05, 4.69) is 4.72 Å². The number of nitrogens with zero attached hydrogens (tertiary/aromatic N) is 1. The van der Waals surface area contributed by atoms with Gasteiger partial charge in [0.15, 0.2) is 11.5 Å². The SMILES string of the molecule is CCN(Cc1cccc2c1OCCO2)C(=O)CCc1ccc(S(=O)(=O)NC2CC2)cc1. The van der Waals surface area contributed by atoms with E-state index in [0.29, 0.717) is 39.1 Å². The van der Waals surface area contributed by atoms with E-state index in [1.807, 2.05) is 25.1 Å². The van der Waals surface area contributed by atoms with Gasteiger partial charge in [-0.25, -0.2) is 13.1 Å². The maximum atomic E-state index is 12.8. The quantitative estimate of drug-likeness (QED) is 0.643. The Morgan fingerprint density at radius 3 is 2.55 bits per heavy atom. The average molecular weight is 445 g/mol. The lowest BCUT2D eigenvalue weighted by Gasteiger charge is -2.25. The number of benzene rings is 2. The third kappa shape index (κ3) is 5.37. The van der Waals surface area contributed by atoms with Gasteiger partial charge in [0, 0.05) is 31.1 Å². The molecule has 31 heavy (non-hydrogen) atoms. The van der Waals surface area contributed by atoms with Crippen molar-refractivity contribution < 1.29 is 22.7 Å². The fourth-order valence-electron chi connectivity index (χ4n) is 3.57. The Labute approximate surface area is 183 Å². The summed E-state index contributed by atoms with van der Waals surface area (Å²) >= 11 is 0. The zero-order chi connectivity index (χ0) is 21.8. The third-order valence-electron chi connectivity index (χ3n) is 5.50. The second kappa shape index (κ2) is 9.28. The maximum Gasteiger partial charge on any atom is 0.240 e. The average Bonchev–Trinajstić information content (AvgIpc) is 3.59. The van der Waals surface area contributed by atoms with Crippen molar-refractivity contribution in [2.24, 2.45) is 0 Å². The number of amides is 1. The third-order valence-corrected chi connectivity index (χ3v) is 7.04. The number of carbonyl (C=O) groups is 1. The summed E-state index contributed by atoms with van der Waals surface area (Å²) in [4.78, 5) is 14.9. The van der Waals surface area contributed by atoms with Crippen LogP contribution in [0, 0.1) is 0 Å². The Balaban J connectivity index is 1.35. The molecule has 0 atom stereocenters. The molecule has 1 fully saturated rings. The predicted molar refractivity (Wildman–Crippen MR) is 117 cm³/mol. The van der Waals surface area contributed by atoms with E-state index in [4.69, 9.17) is 9.47 Å². The molecule has 8 heteroatoms. The van der Waals surface area contributed by atoms with Gasteiger partial charge in [0.05, 0.1) is 4.90 Å². The molecular weight excluding hydrogens is 416 g/mol. The number of para-hydroxylation sites is 1. The van der Waals surface area contributed by atoms with Crippen LogP contribution in [0.5, 0.6) is 11.5 Å². The monoisotopic (exact) mass is 444 g/mol. The van der Waals surface area contributed by atoms with Crippen molar-refractivity contribution in [3.8, 4) is 11.5 Å². The molecule has 2 aromatic carbocycles. The zero-order valence-electron chi connectivity index (χ0n) is 17.7. The zero-order valence-corrected chi connectivity index (χ0v) is 18.5. The molecule has 0 unspecified atom stereocenters. The second-order valence-electron chi connectivity index (χ2n) is 7.89. The first-order valence-corrected chi connectivity index (χ1v) is 12.2. The van der Waals surface area contributed by atoms with Crippen LogP contribution in [0.4, 0.5) is 0 Å². The fraction of sp³-hybridized carbons (Fsp3) is 0.435. The van der Waals surface area contributed by atoms with E-state index < -0.39 is 10.0 Å². The lowest BCUT2D eigenvalue weighted by Crippen LogP contribution is -2.31. The Kier molecular flexibility index (Phi) is 6.48. The topological polar surface area (TPSA) is 84.9 Å². The van der Waals surface area contributed by atoms with Gasteiger partial charge in [0.25, 0.3) is 0 Å². The van der Waals surface area contributed by atoms with Crippen LogP contribution in [0.2, 0.25) is 0 Å². The highest BCUT2D eigenvalue weighted by atomic mass is 32.2. The Morgan fingerprint density at radius 1 is 1.10 bits per heavy atom. The van der Waals surface area contributed by atoms with Crippen molar-refractivity contribution in [1.82, 2.24) is 9.62 Å². The summed E-state index contributed by atoms with van der Waals surface area (Å²) in [6.45, 7) is 4.05. The molecule has 1 N–H and O–H groups in total. The fourth-order valence-corrected chi connectivity index (χ4v) is 4.88. The minimum Gasteiger partial charge on any atom is -0.486 e. The molecule has 2 aliphatic rings. The highest BCUT2D eigenvalue weighted by molar-refractivity contribution is 7.89. The van der Waals surface area contributed by atoms with Crippen molar-refractivity contribution in [1.29, 1.82) is 0 Å². The summed E-state index contributed by atoms with van der Waals surface area (Å²) in [5.41, 5.74) is 1.87. The number of hydrogen-bond donors (Lipinski definition) is 1. The van der Waals surface area contributed by atoms with Gasteiger partial charge in [0.1, 0.15) is 13.2 Å². The first-order valence-electron chi connectivity index (χ1n) is 10.7. The first-order chi connectivity index (χ1) is 15.0. The van der Waals surface area contributed by atoms with Gasteiger partial charge in [-0.1, -0.05) is 24.3 Å². The van der Waals surface area contributed by atoms with Gasteiger partial charge < -0.3 is 14.4 Å². The Bertz CT molecular complexity index is 1030. The van der Waals surface area contributed by atoms with Crippen LogP contribution < -0.4 is 14.2 Å². The lowest BCUT2D eigenvalue weighted by atomic mass is 10.1. The summed E-state index contributed by atoms with van der Waals surface area (Å²) in [5.74, 6) is 1.49. The largest absolute Gasteiger partial charge is 0.486 e. The number of carbonyl (C=O) groups excluding carboxylic acids is 1. The highest BCUT2D eigenvalue weighted by Gasteiger charge is 2.28.